The van der Waals surface area contributed by atoms with E-state index in [1.165, 1.54) is 7.11 Å². The molecule has 2 N–H and O–H groups in total. The second-order valence-corrected chi connectivity index (χ2v) is 7.35. The van der Waals surface area contributed by atoms with E-state index in [0.717, 1.165) is 41.7 Å². The van der Waals surface area contributed by atoms with Gasteiger partial charge in [-0.1, -0.05) is 0 Å². The van der Waals surface area contributed by atoms with E-state index >= 15 is 0 Å². The van der Waals surface area contributed by atoms with Crippen LogP contribution in [0, 0.1) is 0 Å². The first kappa shape index (κ1) is 19.8. The molecule has 1 aliphatic heterocycles. The predicted molar refractivity (Wildman–Crippen MR) is 117 cm³/mol. The summed E-state index contributed by atoms with van der Waals surface area (Å²) in [5.41, 5.74) is 3.17. The highest BCUT2D eigenvalue weighted by atomic mass is 16.5. The van der Waals surface area contributed by atoms with Crippen LogP contribution in [-0.4, -0.2) is 37.8 Å². The van der Waals surface area contributed by atoms with Crippen molar-refractivity contribution in [2.24, 2.45) is 0 Å². The normalized spacial score (nSPS) is 15.9. The van der Waals surface area contributed by atoms with Gasteiger partial charge in [-0.15, -0.1) is 0 Å². The minimum absolute atomic E-state index is 0.127. The van der Waals surface area contributed by atoms with Crippen molar-refractivity contribution in [2.75, 3.05) is 31.0 Å². The lowest BCUT2D eigenvalue weighted by Gasteiger charge is -2.25. The van der Waals surface area contributed by atoms with Crippen molar-refractivity contribution in [2.45, 2.75) is 25.4 Å². The van der Waals surface area contributed by atoms with Crippen molar-refractivity contribution >= 4 is 28.2 Å². The third-order valence-electron chi connectivity index (χ3n) is 5.54. The van der Waals surface area contributed by atoms with Crippen LogP contribution < -0.4 is 20.5 Å². The highest BCUT2D eigenvalue weighted by molar-refractivity contribution is 5.81. The Morgan fingerprint density at radius 1 is 1.17 bits per heavy atom. The summed E-state index contributed by atoms with van der Waals surface area (Å²) in [6, 6.07) is 15.2. The van der Waals surface area contributed by atoms with Crippen LogP contribution in [0.4, 0.5) is 11.4 Å². The van der Waals surface area contributed by atoms with Gasteiger partial charge in [0.15, 0.2) is 0 Å². The lowest BCUT2D eigenvalue weighted by Crippen LogP contribution is -2.36. The summed E-state index contributed by atoms with van der Waals surface area (Å²) in [4.78, 5) is 29.4. The van der Waals surface area contributed by atoms with Gasteiger partial charge in [-0.05, 0) is 60.7 Å². The molecule has 0 spiro atoms. The molecule has 2 aromatic carbocycles. The maximum absolute atomic E-state index is 12.4. The minimum atomic E-state index is -0.219. The maximum Gasteiger partial charge on any atom is 0.328 e. The molecule has 1 atom stereocenters. The van der Waals surface area contributed by atoms with E-state index < -0.39 is 0 Å². The molecular formula is C23H25N3O4. The summed E-state index contributed by atoms with van der Waals surface area (Å²) in [5, 5.41) is 4.25. The first-order valence-corrected chi connectivity index (χ1v) is 9.97. The Bertz CT molecular complexity index is 1110. The number of anilines is 2. The number of methoxy groups -OCH3 is 2. The highest BCUT2D eigenvalue weighted by Crippen LogP contribution is 2.27. The molecule has 7 nitrogen and oxygen atoms in total. The van der Waals surface area contributed by atoms with Crippen LogP contribution in [-0.2, 0) is 16.1 Å². The topological polar surface area (TPSA) is 83.7 Å². The average molecular weight is 407 g/mol. The first-order valence-electron chi connectivity index (χ1n) is 9.97. The van der Waals surface area contributed by atoms with Crippen molar-refractivity contribution in [1.82, 2.24) is 4.98 Å². The van der Waals surface area contributed by atoms with Crippen molar-refractivity contribution < 1.29 is 14.3 Å². The zero-order chi connectivity index (χ0) is 21.1. The smallest absolute Gasteiger partial charge is 0.328 e. The summed E-state index contributed by atoms with van der Waals surface area (Å²) < 4.78 is 10.1. The molecule has 1 aliphatic rings. The number of esters is 1. The number of carbonyl (C=O) groups excluding carboxylic acids is 1. The van der Waals surface area contributed by atoms with Crippen LogP contribution in [0.5, 0.6) is 5.75 Å². The number of aromatic nitrogens is 1. The molecule has 0 saturated carbocycles. The summed E-state index contributed by atoms with van der Waals surface area (Å²) in [6.07, 6.45) is 1.78. The van der Waals surface area contributed by atoms with Gasteiger partial charge in [-0.25, -0.2) is 4.79 Å². The molecule has 1 unspecified atom stereocenters. The number of nitrogens with zero attached hydrogens (tertiary/aromatic N) is 1. The molecule has 0 radical (unpaired) electrons. The van der Waals surface area contributed by atoms with Gasteiger partial charge in [0.05, 0.1) is 19.7 Å². The van der Waals surface area contributed by atoms with Crippen molar-refractivity contribution in [1.29, 1.82) is 0 Å². The average Bonchev–Trinajstić information content (AvgIpc) is 3.27. The lowest BCUT2D eigenvalue weighted by atomic mass is 10.1. The van der Waals surface area contributed by atoms with Gasteiger partial charge in [0.25, 0.3) is 5.56 Å². The van der Waals surface area contributed by atoms with Gasteiger partial charge in [-0.3, -0.25) is 4.79 Å². The molecule has 0 aliphatic carbocycles. The standard InChI is InChI=1S/C23H25N3O4/c1-29-19-10-5-15-12-16(22(27)25-20(15)13-19)14-24-17-6-8-18(9-7-17)26-11-3-4-21(26)23(28)30-2/h5-10,12-13,21,24H,3-4,11,14H2,1-2H3,(H,25,27). The van der Waals surface area contributed by atoms with E-state index in [9.17, 15) is 9.59 Å². The SMILES string of the molecule is COC(=O)C1CCCN1c1ccc(NCc2cc3ccc(OC)cc3[nH]c2=O)cc1. The van der Waals surface area contributed by atoms with Crippen LogP contribution in [0.2, 0.25) is 0 Å². The molecule has 2 heterocycles. The molecule has 1 fully saturated rings. The monoisotopic (exact) mass is 407 g/mol. The highest BCUT2D eigenvalue weighted by Gasteiger charge is 2.31. The van der Waals surface area contributed by atoms with Gasteiger partial charge in [0.1, 0.15) is 11.8 Å². The third kappa shape index (κ3) is 3.96. The number of hydrogen-bond acceptors (Lipinski definition) is 6. The summed E-state index contributed by atoms with van der Waals surface area (Å²) in [5.74, 6) is 0.513. The van der Waals surface area contributed by atoms with E-state index in [0.29, 0.717) is 17.9 Å². The molecule has 156 valence electrons. The second-order valence-electron chi connectivity index (χ2n) is 7.35. The molecule has 0 amide bonds. The van der Waals surface area contributed by atoms with Gasteiger partial charge in [0, 0.05) is 36.1 Å². The zero-order valence-corrected chi connectivity index (χ0v) is 17.1. The largest absolute Gasteiger partial charge is 0.497 e. The van der Waals surface area contributed by atoms with Gasteiger partial charge in [0.2, 0.25) is 0 Å². The molecule has 3 aromatic rings. The Morgan fingerprint density at radius 2 is 1.97 bits per heavy atom. The lowest BCUT2D eigenvalue weighted by molar-refractivity contribution is -0.141. The van der Waals surface area contributed by atoms with Crippen LogP contribution >= 0.6 is 0 Å². The number of rotatable bonds is 6. The Kier molecular flexibility index (Phi) is 5.61. The first-order chi connectivity index (χ1) is 14.6. The number of benzene rings is 2. The fourth-order valence-corrected chi connectivity index (χ4v) is 3.91. The Hall–Kier alpha value is -3.48. The fourth-order valence-electron chi connectivity index (χ4n) is 3.91. The molecule has 7 heteroatoms. The predicted octanol–water partition coefficient (Wildman–Crippen LogP) is 3.29. The van der Waals surface area contributed by atoms with Crippen molar-refractivity contribution in [3.8, 4) is 5.75 Å². The Morgan fingerprint density at radius 3 is 2.70 bits per heavy atom. The number of pyridine rings is 1. The van der Waals surface area contributed by atoms with Gasteiger partial charge in [-0.2, -0.15) is 0 Å². The van der Waals surface area contributed by atoms with Gasteiger partial charge < -0.3 is 24.7 Å². The van der Waals surface area contributed by atoms with Gasteiger partial charge >= 0.3 is 5.97 Å². The molecule has 0 bridgehead atoms. The van der Waals surface area contributed by atoms with E-state index in [-0.39, 0.29) is 17.6 Å². The number of ether oxygens (including phenoxy) is 2. The summed E-state index contributed by atoms with van der Waals surface area (Å²) in [6.45, 7) is 1.24. The molecule has 30 heavy (non-hydrogen) atoms. The number of hydrogen-bond donors (Lipinski definition) is 2. The molecule has 1 saturated heterocycles. The fraction of sp³-hybridized carbons (Fsp3) is 0.304. The van der Waals surface area contributed by atoms with Crippen molar-refractivity contribution in [3.63, 3.8) is 0 Å². The Labute approximate surface area is 174 Å². The number of aromatic amines is 1. The molecule has 4 rings (SSSR count). The summed E-state index contributed by atoms with van der Waals surface area (Å²) in [7, 11) is 3.03. The number of H-pyrrole nitrogens is 1. The third-order valence-corrected chi connectivity index (χ3v) is 5.54. The molecule has 1 aromatic heterocycles. The number of nitrogens with one attached hydrogen (secondary N) is 2. The van der Waals surface area contributed by atoms with Crippen LogP contribution in [0.1, 0.15) is 18.4 Å². The van der Waals surface area contributed by atoms with E-state index in [4.69, 9.17) is 9.47 Å². The van der Waals surface area contributed by atoms with E-state index in [1.54, 1.807) is 7.11 Å². The zero-order valence-electron chi connectivity index (χ0n) is 17.1. The molecular weight excluding hydrogens is 382 g/mol. The minimum Gasteiger partial charge on any atom is -0.497 e. The van der Waals surface area contributed by atoms with E-state index in [1.807, 2.05) is 48.5 Å². The maximum atomic E-state index is 12.4. The quantitative estimate of drug-likeness (QED) is 0.610. The number of carbonyl (C=O) groups is 1. The van der Waals surface area contributed by atoms with Crippen LogP contribution in [0.3, 0.4) is 0 Å². The second kappa shape index (κ2) is 8.49. The van der Waals surface area contributed by atoms with Crippen LogP contribution in [0.15, 0.2) is 53.3 Å². The Balaban J connectivity index is 1.46. The summed E-state index contributed by atoms with van der Waals surface area (Å²) >= 11 is 0. The van der Waals surface area contributed by atoms with Crippen molar-refractivity contribution in [3.05, 3.63) is 64.4 Å². The number of fused-ring (bicyclic) bond motifs is 1. The van der Waals surface area contributed by atoms with Crippen LogP contribution in [0.25, 0.3) is 10.9 Å². The van der Waals surface area contributed by atoms with E-state index in [2.05, 4.69) is 15.2 Å².